The molecule has 2 fully saturated rings. The van der Waals surface area contributed by atoms with Crippen LogP contribution in [0.4, 0.5) is 10.5 Å². The van der Waals surface area contributed by atoms with Crippen LogP contribution in [0.3, 0.4) is 0 Å². The normalized spacial score (nSPS) is 22.5. The molecule has 2 heterocycles. The van der Waals surface area contributed by atoms with Gasteiger partial charge in [-0.25, -0.2) is 4.79 Å². The number of fused-ring (bicyclic) bond motifs is 1. The number of carbonyl (C=O) groups is 1. The Balaban J connectivity index is 1.35. The van der Waals surface area contributed by atoms with Crippen LogP contribution >= 0.6 is 0 Å². The maximum atomic E-state index is 13.2. The van der Waals surface area contributed by atoms with Crippen LogP contribution in [0.5, 0.6) is 0 Å². The number of urea groups is 1. The van der Waals surface area contributed by atoms with E-state index >= 15 is 0 Å². The summed E-state index contributed by atoms with van der Waals surface area (Å²) in [5.41, 5.74) is 6.95. The molecule has 2 N–H and O–H groups in total. The van der Waals surface area contributed by atoms with Crippen molar-refractivity contribution in [1.29, 1.82) is 0 Å². The highest BCUT2D eigenvalue weighted by Gasteiger charge is 2.49. The summed E-state index contributed by atoms with van der Waals surface area (Å²) in [6, 6.07) is 25.4. The number of nitrogens with zero attached hydrogens (tertiary/aromatic N) is 2. The summed E-state index contributed by atoms with van der Waals surface area (Å²) in [6.07, 6.45) is 2.00. The van der Waals surface area contributed by atoms with Crippen LogP contribution in [0.15, 0.2) is 72.8 Å². The Morgan fingerprint density at radius 1 is 0.943 bits per heavy atom. The summed E-state index contributed by atoms with van der Waals surface area (Å²) in [5, 5.41) is 13.3. The lowest BCUT2D eigenvalue weighted by Gasteiger charge is -2.57. The fourth-order valence-electron chi connectivity index (χ4n) is 5.75. The average molecular weight is 470 g/mol. The van der Waals surface area contributed by atoms with Crippen molar-refractivity contribution in [2.45, 2.75) is 44.7 Å². The number of amides is 2. The predicted molar refractivity (Wildman–Crippen MR) is 142 cm³/mol. The van der Waals surface area contributed by atoms with E-state index in [0.29, 0.717) is 6.54 Å². The molecule has 0 saturated carbocycles. The van der Waals surface area contributed by atoms with Gasteiger partial charge in [0.1, 0.15) is 0 Å². The van der Waals surface area contributed by atoms with Gasteiger partial charge in [0.05, 0.1) is 6.61 Å². The van der Waals surface area contributed by atoms with Gasteiger partial charge >= 0.3 is 6.03 Å². The molecule has 35 heavy (non-hydrogen) atoms. The molecule has 3 atom stereocenters. The number of carbonyl (C=O) groups excluding carboxylic acids is 1. The first kappa shape index (κ1) is 23.6. The third-order valence-electron chi connectivity index (χ3n) is 7.71. The van der Waals surface area contributed by atoms with Crippen molar-refractivity contribution in [2.24, 2.45) is 0 Å². The number of nitrogens with one attached hydrogen (secondary N) is 1. The first-order chi connectivity index (χ1) is 17.0. The molecule has 2 aliphatic heterocycles. The smallest absolute Gasteiger partial charge is 0.321 e. The van der Waals surface area contributed by atoms with E-state index in [9.17, 15) is 9.90 Å². The lowest BCUT2D eigenvalue weighted by Crippen LogP contribution is -2.68. The number of aliphatic hydroxyl groups is 1. The first-order valence-corrected chi connectivity index (χ1v) is 12.7. The quantitative estimate of drug-likeness (QED) is 0.536. The van der Waals surface area contributed by atoms with Gasteiger partial charge < -0.3 is 15.3 Å². The number of hydrogen-bond acceptors (Lipinski definition) is 3. The van der Waals surface area contributed by atoms with Crippen molar-refractivity contribution in [2.75, 3.05) is 31.6 Å². The zero-order valence-electron chi connectivity index (χ0n) is 20.7. The van der Waals surface area contributed by atoms with E-state index < -0.39 is 0 Å². The van der Waals surface area contributed by atoms with E-state index in [1.165, 1.54) is 27.8 Å². The molecule has 5 rings (SSSR count). The summed E-state index contributed by atoms with van der Waals surface area (Å²) in [6.45, 7) is 6.71. The van der Waals surface area contributed by atoms with Crippen molar-refractivity contribution in [3.8, 4) is 11.1 Å². The fraction of sp³-hybridized carbons (Fsp3) is 0.367. The molecule has 0 radical (unpaired) electrons. The number of aliphatic hydroxyl groups excluding tert-OH is 1. The Bertz CT molecular complexity index is 1160. The van der Waals surface area contributed by atoms with Crippen LogP contribution in [0, 0.1) is 13.8 Å². The monoisotopic (exact) mass is 469 g/mol. The Hall–Kier alpha value is -3.15. The molecular weight excluding hydrogens is 434 g/mol. The minimum atomic E-state index is -0.0446. The van der Waals surface area contributed by atoms with Gasteiger partial charge in [-0.1, -0.05) is 66.2 Å². The Morgan fingerprint density at radius 2 is 1.66 bits per heavy atom. The summed E-state index contributed by atoms with van der Waals surface area (Å²) < 4.78 is 0. The second-order valence-corrected chi connectivity index (χ2v) is 9.97. The van der Waals surface area contributed by atoms with Crippen molar-refractivity contribution >= 4 is 11.7 Å². The van der Waals surface area contributed by atoms with Gasteiger partial charge in [-0.2, -0.15) is 0 Å². The predicted octanol–water partition coefficient (Wildman–Crippen LogP) is 5.43. The van der Waals surface area contributed by atoms with Gasteiger partial charge in [-0.05, 0) is 67.6 Å². The average Bonchev–Trinajstić information content (AvgIpc) is 2.85. The van der Waals surface area contributed by atoms with E-state index in [4.69, 9.17) is 0 Å². The first-order valence-electron chi connectivity index (χ1n) is 12.7. The van der Waals surface area contributed by atoms with Crippen molar-refractivity contribution in [1.82, 2.24) is 9.80 Å². The molecule has 3 aromatic carbocycles. The van der Waals surface area contributed by atoms with Crippen molar-refractivity contribution in [3.05, 3.63) is 89.5 Å². The maximum absolute atomic E-state index is 13.2. The SMILES string of the molecule is Cc1ccc(NC(=O)N2CCCCN3[C@H](CO)[C@H](c4ccc(-c5ccccc5C)cc4)[C@@H]3C2)cc1. The van der Waals surface area contributed by atoms with Crippen molar-refractivity contribution < 1.29 is 9.90 Å². The molecule has 2 saturated heterocycles. The van der Waals surface area contributed by atoms with Crippen LogP contribution in [0.2, 0.25) is 0 Å². The van der Waals surface area contributed by atoms with E-state index in [2.05, 4.69) is 65.7 Å². The highest BCUT2D eigenvalue weighted by molar-refractivity contribution is 5.89. The molecule has 0 aliphatic carbocycles. The number of hydrogen-bond donors (Lipinski definition) is 2. The van der Waals surface area contributed by atoms with Gasteiger partial charge in [-0.3, -0.25) is 4.90 Å². The standard InChI is InChI=1S/C30H35N3O2/c1-21-9-15-25(16-10-21)31-30(35)32-17-5-6-18-33-27(19-32)29(28(33)20-34)24-13-11-23(12-14-24)26-8-4-3-7-22(26)2/h3-4,7-16,27-29,34H,5-6,17-20H2,1-2H3,(H,31,35)/t27-,28+,29+/m0/s1. The molecule has 0 aromatic heterocycles. The maximum Gasteiger partial charge on any atom is 0.321 e. The molecule has 5 nitrogen and oxygen atoms in total. The number of aryl methyl sites for hydroxylation is 2. The van der Waals surface area contributed by atoms with E-state index in [0.717, 1.165) is 31.6 Å². The summed E-state index contributed by atoms with van der Waals surface area (Å²) >= 11 is 0. The topological polar surface area (TPSA) is 55.8 Å². The van der Waals surface area contributed by atoms with Gasteiger partial charge in [0.2, 0.25) is 0 Å². The second kappa shape index (κ2) is 10.2. The van der Waals surface area contributed by atoms with Crippen LogP contribution in [-0.2, 0) is 0 Å². The lowest BCUT2D eigenvalue weighted by molar-refractivity contribution is -0.0585. The Morgan fingerprint density at radius 3 is 2.37 bits per heavy atom. The highest BCUT2D eigenvalue weighted by atomic mass is 16.3. The second-order valence-electron chi connectivity index (χ2n) is 9.97. The molecule has 2 amide bonds. The summed E-state index contributed by atoms with van der Waals surface area (Å²) in [4.78, 5) is 17.5. The molecule has 2 aliphatic rings. The van der Waals surface area contributed by atoms with Crippen LogP contribution in [0.25, 0.3) is 11.1 Å². The number of benzene rings is 3. The van der Waals surface area contributed by atoms with Crippen LogP contribution in [-0.4, -0.2) is 59.3 Å². The largest absolute Gasteiger partial charge is 0.395 e. The van der Waals surface area contributed by atoms with E-state index in [1.807, 2.05) is 36.1 Å². The zero-order valence-corrected chi connectivity index (χ0v) is 20.7. The molecule has 182 valence electrons. The Kier molecular flexibility index (Phi) is 6.89. The molecular formula is C30H35N3O2. The molecule has 5 heteroatoms. The third kappa shape index (κ3) is 4.84. The summed E-state index contributed by atoms with van der Waals surface area (Å²) in [5.74, 6) is 0.207. The fourth-order valence-corrected chi connectivity index (χ4v) is 5.75. The van der Waals surface area contributed by atoms with Crippen molar-refractivity contribution in [3.63, 3.8) is 0 Å². The van der Waals surface area contributed by atoms with Gasteiger partial charge in [0.25, 0.3) is 0 Å². The molecule has 3 aromatic rings. The van der Waals surface area contributed by atoms with Gasteiger partial charge in [0.15, 0.2) is 0 Å². The molecule has 0 bridgehead atoms. The Labute approximate surface area is 208 Å². The van der Waals surface area contributed by atoms with E-state index in [1.54, 1.807) is 0 Å². The van der Waals surface area contributed by atoms with Gasteiger partial charge in [0, 0.05) is 36.8 Å². The number of rotatable bonds is 4. The van der Waals surface area contributed by atoms with Crippen LogP contribution < -0.4 is 5.32 Å². The zero-order chi connectivity index (χ0) is 24.4. The molecule has 0 unspecified atom stereocenters. The van der Waals surface area contributed by atoms with Gasteiger partial charge in [-0.15, -0.1) is 0 Å². The summed E-state index contributed by atoms with van der Waals surface area (Å²) in [7, 11) is 0. The minimum Gasteiger partial charge on any atom is -0.395 e. The van der Waals surface area contributed by atoms with Crippen LogP contribution in [0.1, 0.15) is 35.4 Å². The lowest BCUT2D eigenvalue weighted by atomic mass is 9.74. The molecule has 0 spiro atoms. The van der Waals surface area contributed by atoms with E-state index in [-0.39, 0.29) is 30.6 Å². The highest BCUT2D eigenvalue weighted by Crippen LogP contribution is 2.42. The minimum absolute atomic E-state index is 0.0446. The third-order valence-corrected chi connectivity index (χ3v) is 7.71. The number of anilines is 1.